The summed E-state index contributed by atoms with van der Waals surface area (Å²) >= 11 is 0. The third-order valence-electron chi connectivity index (χ3n) is 3.99. The third kappa shape index (κ3) is 4.35. The minimum atomic E-state index is -0.411. The number of fused-ring (bicyclic) bond motifs is 1. The van der Waals surface area contributed by atoms with Gasteiger partial charge in [0.15, 0.2) is 5.58 Å². The van der Waals surface area contributed by atoms with E-state index in [1.807, 2.05) is 25.9 Å². The maximum atomic E-state index is 12.4. The number of anilines is 1. The standard InChI is InChI=1S/C19H22N4O4/c1-4-26-17-8-5-13(12-20-17)18(24)21-14-6-7-16-15(11-14)23(19(25)27-16)10-9-22(2)3/h5-8,11-12H,4,9-10H2,1-3H3,(H,21,24). The Labute approximate surface area is 156 Å². The zero-order chi connectivity index (χ0) is 19.4. The first-order chi connectivity index (χ1) is 13.0. The molecule has 0 aliphatic rings. The molecule has 0 fully saturated rings. The molecule has 0 saturated carbocycles. The highest BCUT2D eigenvalue weighted by molar-refractivity contribution is 6.04. The molecule has 0 saturated heterocycles. The molecule has 3 rings (SSSR count). The Hall–Kier alpha value is -3.13. The van der Waals surface area contributed by atoms with Gasteiger partial charge in [-0.1, -0.05) is 0 Å². The number of ether oxygens (including phenoxy) is 1. The number of rotatable bonds is 7. The Morgan fingerprint density at radius 3 is 2.78 bits per heavy atom. The summed E-state index contributed by atoms with van der Waals surface area (Å²) in [7, 11) is 3.87. The molecule has 2 heterocycles. The zero-order valence-corrected chi connectivity index (χ0v) is 15.6. The van der Waals surface area contributed by atoms with Gasteiger partial charge in [-0.2, -0.15) is 0 Å². The molecule has 0 aliphatic heterocycles. The van der Waals surface area contributed by atoms with Gasteiger partial charge < -0.3 is 19.4 Å². The molecule has 8 nitrogen and oxygen atoms in total. The number of aromatic nitrogens is 2. The molecule has 0 aliphatic carbocycles. The summed E-state index contributed by atoms with van der Waals surface area (Å²) in [5.74, 6) is -0.236. The molecule has 0 atom stereocenters. The third-order valence-corrected chi connectivity index (χ3v) is 3.99. The van der Waals surface area contributed by atoms with Crippen LogP contribution in [0.25, 0.3) is 11.1 Å². The van der Waals surface area contributed by atoms with Crippen LogP contribution in [0.5, 0.6) is 5.88 Å². The number of oxazole rings is 1. The second kappa shape index (κ2) is 8.05. The topological polar surface area (TPSA) is 89.6 Å². The molecule has 0 unspecified atom stereocenters. The van der Waals surface area contributed by atoms with Gasteiger partial charge >= 0.3 is 5.76 Å². The number of hydrogen-bond donors (Lipinski definition) is 1. The van der Waals surface area contributed by atoms with Crippen molar-refractivity contribution in [3.05, 3.63) is 52.6 Å². The molecule has 0 spiro atoms. The van der Waals surface area contributed by atoms with E-state index in [0.717, 1.165) is 0 Å². The Morgan fingerprint density at radius 2 is 2.11 bits per heavy atom. The van der Waals surface area contributed by atoms with E-state index in [-0.39, 0.29) is 5.91 Å². The van der Waals surface area contributed by atoms with Crippen LogP contribution in [-0.2, 0) is 6.54 Å². The molecule has 1 N–H and O–H groups in total. The van der Waals surface area contributed by atoms with Crippen molar-refractivity contribution in [1.82, 2.24) is 14.5 Å². The quantitative estimate of drug-likeness (QED) is 0.686. The molecule has 0 radical (unpaired) electrons. The van der Waals surface area contributed by atoms with Crippen molar-refractivity contribution in [2.24, 2.45) is 0 Å². The summed E-state index contributed by atoms with van der Waals surface area (Å²) < 4.78 is 12.1. The number of hydrogen-bond acceptors (Lipinski definition) is 6. The van der Waals surface area contributed by atoms with Gasteiger partial charge in [0.05, 0.1) is 17.7 Å². The first-order valence-electron chi connectivity index (χ1n) is 8.66. The lowest BCUT2D eigenvalue weighted by atomic mass is 10.2. The molecule has 27 heavy (non-hydrogen) atoms. The number of nitrogens with zero attached hydrogens (tertiary/aromatic N) is 3. The molecular formula is C19H22N4O4. The van der Waals surface area contributed by atoms with Gasteiger partial charge in [-0.15, -0.1) is 0 Å². The fourth-order valence-electron chi connectivity index (χ4n) is 2.60. The molecule has 142 valence electrons. The average molecular weight is 370 g/mol. The van der Waals surface area contributed by atoms with Crippen LogP contribution in [0.3, 0.4) is 0 Å². The van der Waals surface area contributed by atoms with Crippen molar-refractivity contribution in [1.29, 1.82) is 0 Å². The lowest BCUT2D eigenvalue weighted by molar-refractivity contribution is 0.102. The van der Waals surface area contributed by atoms with Gasteiger partial charge in [0, 0.05) is 31.0 Å². The van der Waals surface area contributed by atoms with E-state index in [4.69, 9.17) is 9.15 Å². The normalized spacial score (nSPS) is 11.1. The second-order valence-electron chi connectivity index (χ2n) is 6.28. The number of carbonyl (C=O) groups excluding carboxylic acids is 1. The molecule has 0 bridgehead atoms. The van der Waals surface area contributed by atoms with E-state index in [2.05, 4.69) is 10.3 Å². The van der Waals surface area contributed by atoms with Crippen molar-refractivity contribution in [3.8, 4) is 5.88 Å². The Bertz CT molecular complexity index is 989. The van der Waals surface area contributed by atoms with Crippen LogP contribution < -0.4 is 15.8 Å². The Kier molecular flexibility index (Phi) is 5.56. The average Bonchev–Trinajstić information content (AvgIpc) is 2.95. The first kappa shape index (κ1) is 18.7. The summed E-state index contributed by atoms with van der Waals surface area (Å²) in [4.78, 5) is 30.6. The van der Waals surface area contributed by atoms with Crippen molar-refractivity contribution in [3.63, 3.8) is 0 Å². The van der Waals surface area contributed by atoms with Crippen LogP contribution in [0, 0.1) is 0 Å². The number of amides is 1. The van der Waals surface area contributed by atoms with E-state index in [1.54, 1.807) is 34.9 Å². The molecular weight excluding hydrogens is 348 g/mol. The van der Waals surface area contributed by atoms with E-state index in [0.29, 0.717) is 47.9 Å². The second-order valence-corrected chi connectivity index (χ2v) is 6.28. The molecule has 1 aromatic carbocycles. The van der Waals surface area contributed by atoms with Crippen molar-refractivity contribution in [2.75, 3.05) is 32.6 Å². The van der Waals surface area contributed by atoms with Gasteiger partial charge in [-0.05, 0) is 45.3 Å². The van der Waals surface area contributed by atoms with Gasteiger partial charge in [0.1, 0.15) is 0 Å². The monoisotopic (exact) mass is 370 g/mol. The number of pyridine rings is 1. The minimum absolute atomic E-state index is 0.296. The SMILES string of the molecule is CCOc1ccc(C(=O)Nc2ccc3oc(=O)n(CCN(C)C)c3c2)cn1. The maximum absolute atomic E-state index is 12.4. The lowest BCUT2D eigenvalue weighted by Crippen LogP contribution is -2.23. The lowest BCUT2D eigenvalue weighted by Gasteiger charge is -2.10. The van der Waals surface area contributed by atoms with Crippen LogP contribution >= 0.6 is 0 Å². The number of benzene rings is 1. The van der Waals surface area contributed by atoms with Crippen LogP contribution in [0.4, 0.5) is 5.69 Å². The largest absolute Gasteiger partial charge is 0.478 e. The van der Waals surface area contributed by atoms with Crippen molar-refractivity contribution >= 4 is 22.7 Å². The number of likely N-dealkylation sites (N-methyl/N-ethyl adjacent to an activating group) is 1. The highest BCUT2D eigenvalue weighted by Gasteiger charge is 2.12. The number of nitrogens with one attached hydrogen (secondary N) is 1. The van der Waals surface area contributed by atoms with E-state index in [9.17, 15) is 9.59 Å². The van der Waals surface area contributed by atoms with Gasteiger partial charge in [-0.25, -0.2) is 9.78 Å². The smallest absolute Gasteiger partial charge is 0.419 e. The summed E-state index contributed by atoms with van der Waals surface area (Å²) in [6, 6.07) is 8.40. The highest BCUT2D eigenvalue weighted by Crippen LogP contribution is 2.19. The first-order valence-corrected chi connectivity index (χ1v) is 8.66. The van der Waals surface area contributed by atoms with Gasteiger partial charge in [-0.3, -0.25) is 9.36 Å². The fourth-order valence-corrected chi connectivity index (χ4v) is 2.60. The van der Waals surface area contributed by atoms with Gasteiger partial charge in [0.2, 0.25) is 5.88 Å². The van der Waals surface area contributed by atoms with Crippen LogP contribution in [0.2, 0.25) is 0 Å². The van der Waals surface area contributed by atoms with E-state index in [1.165, 1.54) is 6.20 Å². The van der Waals surface area contributed by atoms with Gasteiger partial charge in [0.25, 0.3) is 5.91 Å². The predicted molar refractivity (Wildman–Crippen MR) is 102 cm³/mol. The van der Waals surface area contributed by atoms with Crippen LogP contribution in [-0.4, -0.2) is 47.6 Å². The summed E-state index contributed by atoms with van der Waals surface area (Å²) in [5.41, 5.74) is 2.11. The highest BCUT2D eigenvalue weighted by atomic mass is 16.5. The van der Waals surface area contributed by atoms with Crippen LogP contribution in [0.15, 0.2) is 45.7 Å². The van der Waals surface area contributed by atoms with Crippen molar-refractivity contribution in [2.45, 2.75) is 13.5 Å². The summed E-state index contributed by atoms with van der Waals surface area (Å²) in [5, 5.41) is 2.82. The molecule has 2 aromatic heterocycles. The van der Waals surface area contributed by atoms with E-state index >= 15 is 0 Å². The molecule has 8 heteroatoms. The van der Waals surface area contributed by atoms with E-state index < -0.39 is 5.76 Å². The van der Waals surface area contributed by atoms with Crippen LogP contribution in [0.1, 0.15) is 17.3 Å². The Balaban J connectivity index is 1.81. The summed E-state index contributed by atoms with van der Waals surface area (Å²) in [6.45, 7) is 3.58. The number of carbonyl (C=O) groups is 1. The molecule has 1 amide bonds. The summed E-state index contributed by atoms with van der Waals surface area (Å²) in [6.07, 6.45) is 1.46. The van der Waals surface area contributed by atoms with Crippen molar-refractivity contribution < 1.29 is 13.9 Å². The maximum Gasteiger partial charge on any atom is 0.419 e. The minimum Gasteiger partial charge on any atom is -0.478 e. The fraction of sp³-hybridized carbons (Fsp3) is 0.316. The Morgan fingerprint density at radius 1 is 1.30 bits per heavy atom. The molecule has 3 aromatic rings. The zero-order valence-electron chi connectivity index (χ0n) is 15.6. The predicted octanol–water partition coefficient (Wildman–Crippen LogP) is 2.20.